The van der Waals surface area contributed by atoms with E-state index in [2.05, 4.69) is 10.3 Å². The van der Waals surface area contributed by atoms with Gasteiger partial charge in [0.25, 0.3) is 5.91 Å². The van der Waals surface area contributed by atoms with Gasteiger partial charge in [0.1, 0.15) is 11.7 Å². The van der Waals surface area contributed by atoms with Crippen LogP contribution in [0.15, 0.2) is 12.3 Å². The number of nitrogens with one attached hydrogen (secondary N) is 1. The standard InChI is InChI=1S/C11H12ClN3O5/c12-6-3-5(13)4-14-9(6)10(18)15-7(11(19)20)1-2-8(16)17/h3-4,7H,1-2,13H2,(H,15,18)(H,16,17)(H,19,20). The van der Waals surface area contributed by atoms with Crippen LogP contribution in [0.4, 0.5) is 5.69 Å². The van der Waals surface area contributed by atoms with Gasteiger partial charge in [0.15, 0.2) is 0 Å². The molecule has 0 aliphatic heterocycles. The number of carboxylic acids is 2. The Balaban J connectivity index is 2.80. The number of nitrogens with zero attached hydrogens (tertiary/aromatic N) is 1. The molecule has 0 spiro atoms. The summed E-state index contributed by atoms with van der Waals surface area (Å²) in [5.41, 5.74) is 5.50. The van der Waals surface area contributed by atoms with Crippen molar-refractivity contribution in [3.63, 3.8) is 0 Å². The highest BCUT2D eigenvalue weighted by atomic mass is 35.5. The lowest BCUT2D eigenvalue weighted by Gasteiger charge is -2.13. The molecule has 1 unspecified atom stereocenters. The molecule has 0 fully saturated rings. The summed E-state index contributed by atoms with van der Waals surface area (Å²) in [5.74, 6) is -3.31. The highest BCUT2D eigenvalue weighted by Crippen LogP contribution is 2.16. The molecule has 0 aliphatic rings. The average molecular weight is 302 g/mol. The van der Waals surface area contributed by atoms with E-state index in [0.717, 1.165) is 0 Å². The molecule has 0 saturated heterocycles. The molecular formula is C11H12ClN3O5. The van der Waals surface area contributed by atoms with Crippen molar-refractivity contribution in [2.24, 2.45) is 0 Å². The summed E-state index contributed by atoms with van der Waals surface area (Å²) in [4.78, 5) is 36.9. The summed E-state index contributed by atoms with van der Waals surface area (Å²) in [6, 6.07) is -0.0368. The zero-order chi connectivity index (χ0) is 15.3. The van der Waals surface area contributed by atoms with E-state index in [4.69, 9.17) is 27.5 Å². The zero-order valence-electron chi connectivity index (χ0n) is 10.2. The Hall–Kier alpha value is -2.35. The van der Waals surface area contributed by atoms with Crippen LogP contribution in [0, 0.1) is 0 Å². The number of carbonyl (C=O) groups excluding carboxylic acids is 1. The molecule has 1 aromatic heterocycles. The minimum atomic E-state index is -1.34. The maximum Gasteiger partial charge on any atom is 0.326 e. The van der Waals surface area contributed by atoms with E-state index in [1.54, 1.807) is 0 Å². The van der Waals surface area contributed by atoms with E-state index in [0.29, 0.717) is 0 Å². The van der Waals surface area contributed by atoms with Gasteiger partial charge in [-0.15, -0.1) is 0 Å². The fourth-order valence-corrected chi connectivity index (χ4v) is 1.63. The van der Waals surface area contributed by atoms with Gasteiger partial charge in [-0.1, -0.05) is 11.6 Å². The Morgan fingerprint density at radius 1 is 1.40 bits per heavy atom. The molecule has 20 heavy (non-hydrogen) atoms. The van der Waals surface area contributed by atoms with E-state index in [-0.39, 0.29) is 29.2 Å². The van der Waals surface area contributed by atoms with Crippen LogP contribution >= 0.6 is 11.6 Å². The third kappa shape index (κ3) is 4.39. The minimum absolute atomic E-state index is 0.0233. The molecule has 1 heterocycles. The average Bonchev–Trinajstić information content (AvgIpc) is 2.33. The van der Waals surface area contributed by atoms with Crippen molar-refractivity contribution in [2.45, 2.75) is 18.9 Å². The normalized spacial score (nSPS) is 11.7. The topological polar surface area (TPSA) is 143 Å². The lowest BCUT2D eigenvalue weighted by atomic mass is 10.1. The van der Waals surface area contributed by atoms with Gasteiger partial charge >= 0.3 is 11.9 Å². The first kappa shape index (κ1) is 15.7. The second-order valence-corrected chi connectivity index (χ2v) is 4.30. The molecule has 5 N–H and O–H groups in total. The van der Waals surface area contributed by atoms with Crippen molar-refractivity contribution < 1.29 is 24.6 Å². The monoisotopic (exact) mass is 301 g/mol. The third-order valence-corrected chi connectivity index (χ3v) is 2.62. The van der Waals surface area contributed by atoms with Crippen LogP contribution in [0.5, 0.6) is 0 Å². The number of nitrogen functional groups attached to an aromatic ring is 1. The Labute approximate surface area is 118 Å². The molecule has 0 bridgehead atoms. The van der Waals surface area contributed by atoms with Crippen LogP contribution in [0.25, 0.3) is 0 Å². The molecule has 0 aromatic carbocycles. The van der Waals surface area contributed by atoms with Crippen molar-refractivity contribution in [3.05, 3.63) is 23.0 Å². The maximum absolute atomic E-state index is 11.8. The van der Waals surface area contributed by atoms with E-state index in [1.165, 1.54) is 12.3 Å². The molecule has 0 saturated carbocycles. The Morgan fingerprint density at radius 2 is 2.05 bits per heavy atom. The number of amides is 1. The molecule has 1 amide bonds. The number of pyridine rings is 1. The molecule has 1 aromatic rings. The van der Waals surface area contributed by atoms with Gasteiger partial charge in [0.2, 0.25) is 0 Å². The van der Waals surface area contributed by atoms with Crippen LogP contribution in [-0.4, -0.2) is 39.1 Å². The Morgan fingerprint density at radius 3 is 2.55 bits per heavy atom. The lowest BCUT2D eigenvalue weighted by molar-refractivity contribution is -0.140. The first-order valence-corrected chi connectivity index (χ1v) is 5.85. The van der Waals surface area contributed by atoms with Gasteiger partial charge in [-0.2, -0.15) is 0 Å². The summed E-state index contributed by atoms with van der Waals surface area (Å²) in [6.07, 6.45) is 0.566. The van der Waals surface area contributed by atoms with Crippen molar-refractivity contribution >= 4 is 35.1 Å². The zero-order valence-corrected chi connectivity index (χ0v) is 10.9. The van der Waals surface area contributed by atoms with Crippen molar-refractivity contribution in [1.82, 2.24) is 10.3 Å². The second-order valence-electron chi connectivity index (χ2n) is 3.90. The van der Waals surface area contributed by atoms with E-state index < -0.39 is 23.9 Å². The van der Waals surface area contributed by atoms with Crippen LogP contribution in [0.2, 0.25) is 5.02 Å². The first-order chi connectivity index (χ1) is 9.31. The van der Waals surface area contributed by atoms with E-state index >= 15 is 0 Å². The number of aromatic nitrogens is 1. The van der Waals surface area contributed by atoms with Crippen molar-refractivity contribution in [2.75, 3.05) is 5.73 Å². The van der Waals surface area contributed by atoms with Crippen molar-refractivity contribution in [3.8, 4) is 0 Å². The predicted octanol–water partition coefficient (Wildman–Crippen LogP) is 0.365. The summed E-state index contributed by atoms with van der Waals surface area (Å²) in [7, 11) is 0. The summed E-state index contributed by atoms with van der Waals surface area (Å²) >= 11 is 5.77. The first-order valence-electron chi connectivity index (χ1n) is 5.47. The largest absolute Gasteiger partial charge is 0.481 e. The number of carboxylic acid groups (broad SMARTS) is 2. The number of hydrogen-bond acceptors (Lipinski definition) is 5. The fourth-order valence-electron chi connectivity index (χ4n) is 1.37. The third-order valence-electron chi connectivity index (χ3n) is 2.33. The Kier molecular flexibility index (Phi) is 5.27. The predicted molar refractivity (Wildman–Crippen MR) is 69.4 cm³/mol. The number of rotatable bonds is 6. The summed E-state index contributed by atoms with van der Waals surface area (Å²) in [6.45, 7) is 0. The van der Waals surface area contributed by atoms with E-state index in [1.807, 2.05) is 0 Å². The number of nitrogens with two attached hydrogens (primary N) is 1. The highest BCUT2D eigenvalue weighted by molar-refractivity contribution is 6.33. The molecule has 0 aliphatic carbocycles. The molecule has 1 rings (SSSR count). The number of hydrogen-bond donors (Lipinski definition) is 4. The van der Waals surface area contributed by atoms with Gasteiger partial charge in [-0.3, -0.25) is 9.59 Å². The van der Waals surface area contributed by atoms with Crippen LogP contribution in [0.1, 0.15) is 23.3 Å². The SMILES string of the molecule is Nc1cnc(C(=O)NC(CCC(=O)O)C(=O)O)c(Cl)c1. The van der Waals surface area contributed by atoms with Crippen LogP contribution < -0.4 is 11.1 Å². The number of carbonyl (C=O) groups is 3. The molecule has 9 heteroatoms. The molecular weight excluding hydrogens is 290 g/mol. The minimum Gasteiger partial charge on any atom is -0.481 e. The Bertz CT molecular complexity index is 549. The highest BCUT2D eigenvalue weighted by Gasteiger charge is 2.23. The number of anilines is 1. The van der Waals surface area contributed by atoms with Gasteiger partial charge in [0.05, 0.1) is 16.9 Å². The van der Waals surface area contributed by atoms with Gasteiger partial charge in [-0.25, -0.2) is 9.78 Å². The molecule has 1 atom stereocenters. The van der Waals surface area contributed by atoms with Crippen molar-refractivity contribution in [1.29, 1.82) is 0 Å². The number of halogens is 1. The van der Waals surface area contributed by atoms with Gasteiger partial charge < -0.3 is 21.3 Å². The smallest absolute Gasteiger partial charge is 0.326 e. The number of aliphatic carboxylic acids is 2. The molecule has 108 valence electrons. The summed E-state index contributed by atoms with van der Waals surface area (Å²) < 4.78 is 0. The van der Waals surface area contributed by atoms with Crippen LogP contribution in [0.3, 0.4) is 0 Å². The van der Waals surface area contributed by atoms with Crippen LogP contribution in [-0.2, 0) is 9.59 Å². The van der Waals surface area contributed by atoms with Gasteiger partial charge in [0, 0.05) is 6.42 Å². The molecule has 8 nitrogen and oxygen atoms in total. The maximum atomic E-state index is 11.8. The fraction of sp³-hybridized carbons (Fsp3) is 0.273. The second kappa shape index (κ2) is 6.71. The summed E-state index contributed by atoms with van der Waals surface area (Å²) in [5, 5.41) is 19.6. The molecule has 0 radical (unpaired) electrons. The van der Waals surface area contributed by atoms with Gasteiger partial charge in [-0.05, 0) is 12.5 Å². The lowest BCUT2D eigenvalue weighted by Crippen LogP contribution is -2.41. The quantitative estimate of drug-likeness (QED) is 0.594. The van der Waals surface area contributed by atoms with E-state index in [9.17, 15) is 14.4 Å².